The van der Waals surface area contributed by atoms with Crippen LogP contribution in [-0.2, 0) is 9.84 Å². The van der Waals surface area contributed by atoms with Crippen molar-refractivity contribution in [2.75, 3.05) is 6.54 Å². The monoisotopic (exact) mass is 389 g/mol. The third kappa shape index (κ3) is 4.00. The summed E-state index contributed by atoms with van der Waals surface area (Å²) < 4.78 is 39.5. The van der Waals surface area contributed by atoms with E-state index in [-0.39, 0.29) is 16.3 Å². The Kier molecular flexibility index (Phi) is 5.49. The molecule has 1 atom stereocenters. The molecule has 0 bridgehead atoms. The number of halogens is 1. The van der Waals surface area contributed by atoms with Gasteiger partial charge in [-0.1, -0.05) is 42.5 Å². The predicted molar refractivity (Wildman–Crippen MR) is 99.4 cm³/mol. The standard InChI is InChI=1S/C19H16FNO3S2/c20-16-9-4-8-15(12-16)19(22)21-13-17(14-6-2-1-3-7-14)26(23,24)18-10-5-11-25-18/h1-12,17H,13H2,(H,21,22)/t17-/m1/s1. The molecule has 0 unspecified atom stereocenters. The minimum Gasteiger partial charge on any atom is -0.350 e. The number of benzene rings is 2. The quantitative estimate of drug-likeness (QED) is 0.697. The maximum atomic E-state index is 13.3. The number of nitrogens with one attached hydrogen (secondary N) is 1. The second-order valence-corrected chi connectivity index (χ2v) is 8.90. The molecule has 1 amide bonds. The fraction of sp³-hybridized carbons (Fsp3) is 0.105. The van der Waals surface area contributed by atoms with Crippen molar-refractivity contribution >= 4 is 27.1 Å². The SMILES string of the molecule is O=C(NC[C@H](c1ccccc1)S(=O)(=O)c1cccs1)c1cccc(F)c1. The molecule has 4 nitrogen and oxygen atoms in total. The Labute approximate surface area is 155 Å². The van der Waals surface area contributed by atoms with Gasteiger partial charge in [0, 0.05) is 12.1 Å². The molecule has 3 rings (SSSR count). The van der Waals surface area contributed by atoms with Gasteiger partial charge in [-0.3, -0.25) is 4.79 Å². The highest BCUT2D eigenvalue weighted by Crippen LogP contribution is 2.31. The Bertz CT molecular complexity index is 987. The minimum atomic E-state index is -3.67. The maximum absolute atomic E-state index is 13.3. The van der Waals surface area contributed by atoms with Crippen LogP contribution in [0.3, 0.4) is 0 Å². The van der Waals surface area contributed by atoms with Gasteiger partial charge in [-0.25, -0.2) is 12.8 Å². The van der Waals surface area contributed by atoms with E-state index in [4.69, 9.17) is 0 Å². The molecule has 134 valence electrons. The molecule has 1 aromatic heterocycles. The molecule has 26 heavy (non-hydrogen) atoms. The van der Waals surface area contributed by atoms with Gasteiger partial charge in [-0.15, -0.1) is 11.3 Å². The highest BCUT2D eigenvalue weighted by atomic mass is 32.2. The van der Waals surface area contributed by atoms with Gasteiger partial charge < -0.3 is 5.32 Å². The smallest absolute Gasteiger partial charge is 0.251 e. The van der Waals surface area contributed by atoms with Crippen LogP contribution in [0.1, 0.15) is 21.2 Å². The summed E-state index contributed by atoms with van der Waals surface area (Å²) in [5.41, 5.74) is 0.728. The van der Waals surface area contributed by atoms with E-state index in [1.54, 1.807) is 47.8 Å². The summed E-state index contributed by atoms with van der Waals surface area (Å²) >= 11 is 1.14. The second kappa shape index (κ2) is 7.80. The fourth-order valence-corrected chi connectivity index (χ4v) is 5.42. The van der Waals surface area contributed by atoms with Crippen LogP contribution in [0, 0.1) is 5.82 Å². The molecule has 3 aromatic rings. The molecule has 0 spiro atoms. The van der Waals surface area contributed by atoms with E-state index in [0.717, 1.165) is 17.4 Å². The Balaban J connectivity index is 1.87. The van der Waals surface area contributed by atoms with Gasteiger partial charge in [0.05, 0.1) is 0 Å². The van der Waals surface area contributed by atoms with Crippen LogP contribution >= 0.6 is 11.3 Å². The van der Waals surface area contributed by atoms with E-state index in [9.17, 15) is 17.6 Å². The molecule has 7 heteroatoms. The van der Waals surface area contributed by atoms with Crippen molar-refractivity contribution in [1.29, 1.82) is 0 Å². The molecule has 1 heterocycles. The summed E-state index contributed by atoms with van der Waals surface area (Å²) in [6.07, 6.45) is 0. The van der Waals surface area contributed by atoms with Gasteiger partial charge >= 0.3 is 0 Å². The first-order valence-electron chi connectivity index (χ1n) is 7.84. The number of amides is 1. The lowest BCUT2D eigenvalue weighted by Crippen LogP contribution is -2.31. The molecule has 2 aromatic carbocycles. The first-order chi connectivity index (χ1) is 12.5. The number of carbonyl (C=O) groups is 1. The summed E-state index contributed by atoms with van der Waals surface area (Å²) in [5.74, 6) is -1.05. The van der Waals surface area contributed by atoms with E-state index in [1.165, 1.54) is 18.2 Å². The second-order valence-electron chi connectivity index (χ2n) is 5.60. The van der Waals surface area contributed by atoms with Crippen LogP contribution in [0.4, 0.5) is 4.39 Å². The minimum absolute atomic E-state index is 0.112. The molecule has 0 saturated carbocycles. The molecular weight excluding hydrogens is 373 g/mol. The fourth-order valence-electron chi connectivity index (χ4n) is 2.56. The summed E-state index contributed by atoms with van der Waals surface area (Å²) in [5, 5.41) is 3.38. The van der Waals surface area contributed by atoms with Crippen LogP contribution in [0.5, 0.6) is 0 Å². The predicted octanol–water partition coefficient (Wildman–Crippen LogP) is 3.83. The number of sulfone groups is 1. The van der Waals surface area contributed by atoms with Crippen molar-refractivity contribution in [3.8, 4) is 0 Å². The first-order valence-corrected chi connectivity index (χ1v) is 10.3. The van der Waals surface area contributed by atoms with Crippen LogP contribution in [0.2, 0.25) is 0 Å². The lowest BCUT2D eigenvalue weighted by Gasteiger charge is -2.18. The van der Waals surface area contributed by atoms with Crippen LogP contribution in [-0.4, -0.2) is 20.9 Å². The zero-order valence-electron chi connectivity index (χ0n) is 13.6. The molecule has 0 aliphatic heterocycles. The summed E-state index contributed by atoms with van der Waals surface area (Å²) in [7, 11) is -3.67. The number of hydrogen-bond donors (Lipinski definition) is 1. The van der Waals surface area contributed by atoms with Crippen LogP contribution < -0.4 is 5.32 Å². The van der Waals surface area contributed by atoms with E-state index in [0.29, 0.717) is 5.56 Å². The van der Waals surface area contributed by atoms with E-state index >= 15 is 0 Å². The number of carbonyl (C=O) groups excluding carboxylic acids is 1. The van der Waals surface area contributed by atoms with Crippen molar-refractivity contribution in [2.24, 2.45) is 0 Å². The zero-order valence-corrected chi connectivity index (χ0v) is 15.3. The third-order valence-electron chi connectivity index (χ3n) is 3.86. The topological polar surface area (TPSA) is 63.2 Å². The zero-order chi connectivity index (χ0) is 18.6. The Hall–Kier alpha value is -2.51. The number of hydrogen-bond acceptors (Lipinski definition) is 4. The Morgan fingerprint density at radius 1 is 1.04 bits per heavy atom. The lowest BCUT2D eigenvalue weighted by atomic mass is 10.1. The van der Waals surface area contributed by atoms with Gasteiger partial charge in [0.1, 0.15) is 15.3 Å². The van der Waals surface area contributed by atoms with Crippen LogP contribution in [0.15, 0.2) is 76.3 Å². The summed E-state index contributed by atoms with van der Waals surface area (Å²) in [6.45, 7) is -0.112. The first kappa shape index (κ1) is 18.3. The lowest BCUT2D eigenvalue weighted by molar-refractivity contribution is 0.0953. The molecule has 0 aliphatic carbocycles. The largest absolute Gasteiger partial charge is 0.350 e. The van der Waals surface area contributed by atoms with Crippen LogP contribution in [0.25, 0.3) is 0 Å². The van der Waals surface area contributed by atoms with E-state index in [1.807, 2.05) is 0 Å². The van der Waals surface area contributed by atoms with E-state index in [2.05, 4.69) is 5.32 Å². The van der Waals surface area contributed by atoms with Crippen molar-refractivity contribution in [3.05, 3.63) is 89.1 Å². The van der Waals surface area contributed by atoms with Crippen molar-refractivity contribution < 1.29 is 17.6 Å². The molecule has 1 N–H and O–H groups in total. The summed E-state index contributed by atoms with van der Waals surface area (Å²) in [6, 6.07) is 17.2. The average Bonchev–Trinajstić information content (AvgIpc) is 3.18. The van der Waals surface area contributed by atoms with Crippen molar-refractivity contribution in [3.63, 3.8) is 0 Å². The van der Waals surface area contributed by atoms with Crippen molar-refractivity contribution in [2.45, 2.75) is 9.46 Å². The number of thiophene rings is 1. The van der Waals surface area contributed by atoms with E-state index < -0.39 is 26.8 Å². The highest BCUT2D eigenvalue weighted by molar-refractivity contribution is 7.93. The highest BCUT2D eigenvalue weighted by Gasteiger charge is 2.30. The molecule has 0 aliphatic rings. The van der Waals surface area contributed by atoms with Gasteiger partial charge in [-0.2, -0.15) is 0 Å². The van der Waals surface area contributed by atoms with Gasteiger partial charge in [0.2, 0.25) is 0 Å². The molecular formula is C19H16FNO3S2. The Morgan fingerprint density at radius 2 is 1.81 bits per heavy atom. The maximum Gasteiger partial charge on any atom is 0.251 e. The Morgan fingerprint density at radius 3 is 2.46 bits per heavy atom. The van der Waals surface area contributed by atoms with Gasteiger partial charge in [-0.05, 0) is 35.2 Å². The third-order valence-corrected chi connectivity index (χ3v) is 7.39. The number of rotatable bonds is 6. The molecule has 0 fully saturated rings. The van der Waals surface area contributed by atoms with Gasteiger partial charge in [0.25, 0.3) is 5.91 Å². The molecule has 0 saturated heterocycles. The normalized spacial score (nSPS) is 12.5. The summed E-state index contributed by atoms with van der Waals surface area (Å²) in [4.78, 5) is 12.3. The van der Waals surface area contributed by atoms with Crippen molar-refractivity contribution in [1.82, 2.24) is 5.32 Å². The van der Waals surface area contributed by atoms with Gasteiger partial charge in [0.15, 0.2) is 9.84 Å². The average molecular weight is 389 g/mol. The molecule has 0 radical (unpaired) electrons.